The van der Waals surface area contributed by atoms with Crippen LogP contribution in [-0.4, -0.2) is 11.7 Å². The van der Waals surface area contributed by atoms with Crippen molar-refractivity contribution < 1.29 is 5.11 Å². The first-order chi connectivity index (χ1) is 7.51. The summed E-state index contributed by atoms with van der Waals surface area (Å²) in [6.07, 6.45) is 3.27. The van der Waals surface area contributed by atoms with E-state index in [1.807, 2.05) is 6.07 Å². The molecule has 0 heterocycles. The molecule has 0 aliphatic rings. The Hall–Kier alpha value is -0.820. The van der Waals surface area contributed by atoms with Crippen LogP contribution in [0.5, 0.6) is 0 Å². The van der Waals surface area contributed by atoms with E-state index in [-0.39, 0.29) is 0 Å². The van der Waals surface area contributed by atoms with Crippen LogP contribution in [-0.2, 0) is 6.42 Å². The number of benzene rings is 1. The Morgan fingerprint density at radius 2 is 1.75 bits per heavy atom. The Labute approximate surface area is 99.5 Å². The molecule has 1 rings (SSSR count). The number of rotatable bonds is 5. The minimum absolute atomic E-state index is 0.297. The van der Waals surface area contributed by atoms with Gasteiger partial charge in [0, 0.05) is 6.61 Å². The topological polar surface area (TPSA) is 20.2 Å². The maximum absolute atomic E-state index is 9.38. The van der Waals surface area contributed by atoms with Crippen molar-refractivity contribution in [1.82, 2.24) is 0 Å². The summed E-state index contributed by atoms with van der Waals surface area (Å²) in [4.78, 5) is 0. The number of aliphatic hydroxyl groups is 1. The third-order valence-corrected chi connectivity index (χ3v) is 2.93. The number of aliphatic hydroxyl groups excluding tert-OH is 1. The van der Waals surface area contributed by atoms with E-state index in [2.05, 4.69) is 45.0 Å². The highest BCUT2D eigenvalue weighted by molar-refractivity contribution is 5.15. The molecule has 1 aromatic rings. The third-order valence-electron chi connectivity index (χ3n) is 2.93. The average molecular weight is 220 g/mol. The van der Waals surface area contributed by atoms with Gasteiger partial charge in [0.1, 0.15) is 0 Å². The summed E-state index contributed by atoms with van der Waals surface area (Å²) < 4.78 is 0. The van der Waals surface area contributed by atoms with E-state index in [4.69, 9.17) is 0 Å². The van der Waals surface area contributed by atoms with E-state index in [1.165, 1.54) is 12.0 Å². The van der Waals surface area contributed by atoms with Gasteiger partial charge in [-0.1, -0.05) is 51.1 Å². The fourth-order valence-electron chi connectivity index (χ4n) is 1.84. The minimum atomic E-state index is 0.297. The van der Waals surface area contributed by atoms with Gasteiger partial charge in [-0.25, -0.2) is 0 Å². The van der Waals surface area contributed by atoms with Crippen molar-refractivity contribution in [3.8, 4) is 0 Å². The molecule has 0 amide bonds. The van der Waals surface area contributed by atoms with Gasteiger partial charge in [-0.3, -0.25) is 0 Å². The lowest BCUT2D eigenvalue weighted by Crippen LogP contribution is -2.14. The van der Waals surface area contributed by atoms with Gasteiger partial charge in [0.25, 0.3) is 0 Å². The van der Waals surface area contributed by atoms with Crippen LogP contribution in [0, 0.1) is 11.3 Å². The Balaban J connectivity index is 2.44. The molecule has 0 saturated carbocycles. The molecule has 0 saturated heterocycles. The van der Waals surface area contributed by atoms with Gasteiger partial charge in [0.15, 0.2) is 0 Å². The van der Waals surface area contributed by atoms with E-state index in [1.54, 1.807) is 0 Å². The van der Waals surface area contributed by atoms with Crippen LogP contribution in [0.1, 0.15) is 39.2 Å². The summed E-state index contributed by atoms with van der Waals surface area (Å²) >= 11 is 0. The van der Waals surface area contributed by atoms with Crippen molar-refractivity contribution in [2.24, 2.45) is 11.3 Å². The lowest BCUT2D eigenvalue weighted by atomic mass is 9.85. The van der Waals surface area contributed by atoms with Gasteiger partial charge in [-0.15, -0.1) is 0 Å². The summed E-state index contributed by atoms with van der Waals surface area (Å²) in [6.45, 7) is 7.06. The Morgan fingerprint density at radius 1 is 1.12 bits per heavy atom. The molecule has 0 fully saturated rings. The lowest BCUT2D eigenvalue weighted by molar-refractivity contribution is 0.200. The minimum Gasteiger partial charge on any atom is -0.396 e. The Bertz CT molecular complexity index is 284. The number of hydrogen-bond acceptors (Lipinski definition) is 1. The summed E-state index contributed by atoms with van der Waals surface area (Å²) in [5.74, 6) is 0.404. The maximum atomic E-state index is 9.38. The van der Waals surface area contributed by atoms with Crippen molar-refractivity contribution in [1.29, 1.82) is 0 Å². The van der Waals surface area contributed by atoms with Crippen LogP contribution in [0.4, 0.5) is 0 Å². The number of hydrogen-bond donors (Lipinski definition) is 1. The second-order valence-corrected chi connectivity index (χ2v) is 5.84. The van der Waals surface area contributed by atoms with E-state index >= 15 is 0 Å². The summed E-state index contributed by atoms with van der Waals surface area (Å²) in [5, 5.41) is 9.38. The molecule has 90 valence electrons. The predicted octanol–water partition coefficient (Wildman–Crippen LogP) is 3.66. The highest BCUT2D eigenvalue weighted by Crippen LogP contribution is 2.25. The molecule has 0 spiro atoms. The monoisotopic (exact) mass is 220 g/mol. The van der Waals surface area contributed by atoms with E-state index in [0.29, 0.717) is 17.9 Å². The van der Waals surface area contributed by atoms with Gasteiger partial charge in [0.2, 0.25) is 0 Å². The molecular weight excluding hydrogens is 196 g/mol. The SMILES string of the molecule is CC(C)(C)CCC(CO)Cc1ccccc1. The van der Waals surface area contributed by atoms with Crippen molar-refractivity contribution >= 4 is 0 Å². The highest BCUT2D eigenvalue weighted by atomic mass is 16.3. The molecule has 0 bridgehead atoms. The fourth-order valence-corrected chi connectivity index (χ4v) is 1.84. The molecule has 1 N–H and O–H groups in total. The molecule has 1 atom stereocenters. The molecule has 1 heteroatoms. The quantitative estimate of drug-likeness (QED) is 0.803. The predicted molar refractivity (Wildman–Crippen MR) is 69.4 cm³/mol. The summed E-state index contributed by atoms with van der Waals surface area (Å²) in [6, 6.07) is 10.4. The Kier molecular flexibility index (Phi) is 5.01. The smallest absolute Gasteiger partial charge is 0.0462 e. The zero-order chi connectivity index (χ0) is 12.0. The van der Waals surface area contributed by atoms with Crippen LogP contribution in [0.3, 0.4) is 0 Å². The first kappa shape index (κ1) is 13.2. The van der Waals surface area contributed by atoms with Gasteiger partial charge >= 0.3 is 0 Å². The average Bonchev–Trinajstić information content (AvgIpc) is 2.24. The fraction of sp³-hybridized carbons (Fsp3) is 0.600. The second-order valence-electron chi connectivity index (χ2n) is 5.84. The molecular formula is C15H24O. The Morgan fingerprint density at radius 3 is 2.25 bits per heavy atom. The molecule has 1 nitrogen and oxygen atoms in total. The van der Waals surface area contributed by atoms with Gasteiger partial charge < -0.3 is 5.11 Å². The molecule has 0 aliphatic carbocycles. The maximum Gasteiger partial charge on any atom is 0.0462 e. The van der Waals surface area contributed by atoms with E-state index < -0.39 is 0 Å². The molecule has 0 radical (unpaired) electrons. The molecule has 0 aromatic heterocycles. The van der Waals surface area contributed by atoms with Crippen LogP contribution in [0.15, 0.2) is 30.3 Å². The molecule has 1 unspecified atom stereocenters. The normalized spacial score (nSPS) is 13.8. The van der Waals surface area contributed by atoms with Crippen molar-refractivity contribution in [2.45, 2.75) is 40.0 Å². The second kappa shape index (κ2) is 6.05. The molecule has 16 heavy (non-hydrogen) atoms. The van der Waals surface area contributed by atoms with Crippen molar-refractivity contribution in [3.05, 3.63) is 35.9 Å². The van der Waals surface area contributed by atoms with Crippen molar-refractivity contribution in [2.75, 3.05) is 6.61 Å². The van der Waals surface area contributed by atoms with Crippen LogP contribution in [0.2, 0.25) is 0 Å². The van der Waals surface area contributed by atoms with E-state index in [0.717, 1.165) is 12.8 Å². The van der Waals surface area contributed by atoms with Crippen LogP contribution >= 0.6 is 0 Å². The van der Waals surface area contributed by atoms with Crippen molar-refractivity contribution in [3.63, 3.8) is 0 Å². The lowest BCUT2D eigenvalue weighted by Gasteiger charge is -2.22. The van der Waals surface area contributed by atoms with Crippen LogP contribution in [0.25, 0.3) is 0 Å². The molecule has 1 aromatic carbocycles. The van der Waals surface area contributed by atoms with Gasteiger partial charge in [-0.2, -0.15) is 0 Å². The zero-order valence-electron chi connectivity index (χ0n) is 10.7. The van der Waals surface area contributed by atoms with Crippen LogP contribution < -0.4 is 0 Å². The molecule has 0 aliphatic heterocycles. The van der Waals surface area contributed by atoms with Gasteiger partial charge in [-0.05, 0) is 36.2 Å². The standard InChI is InChI=1S/C15H24O/c1-15(2,3)10-9-14(12-16)11-13-7-5-4-6-8-13/h4-8,14,16H,9-12H2,1-3H3. The highest BCUT2D eigenvalue weighted by Gasteiger charge is 2.15. The third kappa shape index (κ3) is 5.32. The summed E-state index contributed by atoms with van der Waals surface area (Å²) in [5.41, 5.74) is 1.69. The largest absolute Gasteiger partial charge is 0.396 e. The first-order valence-electron chi connectivity index (χ1n) is 6.16. The first-order valence-corrected chi connectivity index (χ1v) is 6.16. The van der Waals surface area contributed by atoms with E-state index in [9.17, 15) is 5.11 Å². The zero-order valence-corrected chi connectivity index (χ0v) is 10.7. The van der Waals surface area contributed by atoms with Gasteiger partial charge in [0.05, 0.1) is 0 Å². The summed E-state index contributed by atoms with van der Waals surface area (Å²) in [7, 11) is 0.